The third-order valence-corrected chi connectivity index (χ3v) is 4.82. The minimum absolute atomic E-state index is 0.165. The van der Waals surface area contributed by atoms with Crippen LogP contribution in [-0.4, -0.2) is 43.7 Å². The molecule has 1 aromatic rings. The van der Waals surface area contributed by atoms with Crippen LogP contribution in [0.2, 0.25) is 5.02 Å². The van der Waals surface area contributed by atoms with E-state index in [2.05, 4.69) is 22.8 Å². The molecule has 2 N–H and O–H groups in total. The second-order valence-corrected chi connectivity index (χ2v) is 7.07. The minimum atomic E-state index is 0.165. The van der Waals surface area contributed by atoms with Crippen LogP contribution < -0.4 is 10.6 Å². The van der Waals surface area contributed by atoms with Gasteiger partial charge < -0.3 is 10.6 Å². The Balaban J connectivity index is 1.68. The number of rotatable bonds is 5. The van der Waals surface area contributed by atoms with E-state index >= 15 is 0 Å². The summed E-state index contributed by atoms with van der Waals surface area (Å²) in [6, 6.07) is 6.37. The van der Waals surface area contributed by atoms with E-state index in [1.165, 1.54) is 30.6 Å². The molecule has 1 atom stereocenters. The molecule has 3 rings (SSSR count). The first-order valence-electron chi connectivity index (χ1n) is 8.13. The Kier molecular flexibility index (Phi) is 4.72. The van der Waals surface area contributed by atoms with Crippen molar-refractivity contribution in [1.29, 1.82) is 0 Å². The summed E-state index contributed by atoms with van der Waals surface area (Å²) >= 11 is 6.48. The zero-order valence-corrected chi connectivity index (χ0v) is 13.6. The smallest absolute Gasteiger partial charge is 0.0642 e. The lowest BCUT2D eigenvalue weighted by Gasteiger charge is -2.37. The van der Waals surface area contributed by atoms with Crippen molar-refractivity contribution >= 4 is 17.3 Å². The van der Waals surface area contributed by atoms with Crippen LogP contribution in [-0.2, 0) is 6.42 Å². The Bertz CT molecular complexity index is 477. The predicted molar refractivity (Wildman–Crippen MR) is 90.2 cm³/mol. The number of hydrogen-bond acceptors (Lipinski definition) is 3. The van der Waals surface area contributed by atoms with Gasteiger partial charge in [-0.2, -0.15) is 0 Å². The van der Waals surface area contributed by atoms with Crippen molar-refractivity contribution in [3.05, 3.63) is 28.8 Å². The summed E-state index contributed by atoms with van der Waals surface area (Å²) in [4.78, 5) is 5.06. The Morgan fingerprint density at radius 1 is 1.24 bits per heavy atom. The Morgan fingerprint density at radius 3 is 2.57 bits per heavy atom. The maximum Gasteiger partial charge on any atom is 0.0642 e. The summed E-state index contributed by atoms with van der Waals surface area (Å²) in [5.74, 6) is 0.977. The number of nitrogens with zero attached hydrogens (tertiary/aromatic N) is 2. The van der Waals surface area contributed by atoms with Crippen LogP contribution >= 0.6 is 11.6 Å². The first kappa shape index (κ1) is 15.1. The summed E-state index contributed by atoms with van der Waals surface area (Å²) in [6.45, 7) is 7.80. The topological polar surface area (TPSA) is 32.5 Å². The average Bonchev–Trinajstić information content (AvgIpc) is 3.24. The molecule has 0 bridgehead atoms. The van der Waals surface area contributed by atoms with E-state index in [1.807, 2.05) is 12.1 Å². The highest BCUT2D eigenvalue weighted by Crippen LogP contribution is 2.33. The number of hydrogen-bond donors (Lipinski definition) is 1. The molecule has 1 aromatic carbocycles. The van der Waals surface area contributed by atoms with Gasteiger partial charge in [0.2, 0.25) is 0 Å². The third kappa shape index (κ3) is 3.91. The van der Waals surface area contributed by atoms with Gasteiger partial charge >= 0.3 is 0 Å². The molecule has 0 spiro atoms. The van der Waals surface area contributed by atoms with Gasteiger partial charge in [0.15, 0.2) is 0 Å². The lowest BCUT2D eigenvalue weighted by molar-refractivity contribution is 0.248. The van der Waals surface area contributed by atoms with Crippen molar-refractivity contribution in [2.45, 2.75) is 32.2 Å². The fourth-order valence-electron chi connectivity index (χ4n) is 3.25. The average molecular weight is 308 g/mol. The summed E-state index contributed by atoms with van der Waals surface area (Å²) in [6.07, 6.45) is 3.75. The predicted octanol–water partition coefficient (Wildman–Crippen LogP) is 2.76. The number of nitrogens with two attached hydrogens (primary N) is 1. The number of para-hydroxylation sites is 1. The van der Waals surface area contributed by atoms with Gasteiger partial charge in [0.25, 0.3) is 0 Å². The fourth-order valence-corrected chi connectivity index (χ4v) is 3.56. The Hall–Kier alpha value is -0.770. The van der Waals surface area contributed by atoms with Gasteiger partial charge in [-0.1, -0.05) is 23.7 Å². The molecule has 21 heavy (non-hydrogen) atoms. The van der Waals surface area contributed by atoms with Crippen molar-refractivity contribution in [3.63, 3.8) is 0 Å². The van der Waals surface area contributed by atoms with Gasteiger partial charge in [0.1, 0.15) is 0 Å². The van der Waals surface area contributed by atoms with Gasteiger partial charge in [-0.25, -0.2) is 0 Å². The van der Waals surface area contributed by atoms with Gasteiger partial charge in [-0.15, -0.1) is 0 Å². The lowest BCUT2D eigenvalue weighted by Crippen LogP contribution is -2.47. The van der Waals surface area contributed by atoms with Crippen molar-refractivity contribution in [1.82, 2.24) is 4.90 Å². The second kappa shape index (κ2) is 6.55. The summed E-state index contributed by atoms with van der Waals surface area (Å²) < 4.78 is 0. The molecule has 2 aliphatic rings. The summed E-state index contributed by atoms with van der Waals surface area (Å²) in [7, 11) is 0. The van der Waals surface area contributed by atoms with Crippen molar-refractivity contribution in [2.24, 2.45) is 11.7 Å². The van der Waals surface area contributed by atoms with E-state index in [0.717, 1.165) is 43.5 Å². The van der Waals surface area contributed by atoms with E-state index in [0.29, 0.717) is 0 Å². The second-order valence-electron chi connectivity index (χ2n) is 6.66. The molecule has 1 saturated heterocycles. The Morgan fingerprint density at radius 2 is 1.95 bits per heavy atom. The molecule has 116 valence electrons. The molecule has 1 aliphatic heterocycles. The molecule has 2 fully saturated rings. The molecule has 0 amide bonds. The van der Waals surface area contributed by atoms with E-state index in [-0.39, 0.29) is 6.04 Å². The van der Waals surface area contributed by atoms with Crippen LogP contribution in [0, 0.1) is 5.92 Å². The van der Waals surface area contributed by atoms with Crippen molar-refractivity contribution < 1.29 is 0 Å². The van der Waals surface area contributed by atoms with E-state index in [1.54, 1.807) is 0 Å². The van der Waals surface area contributed by atoms with Crippen LogP contribution in [0.15, 0.2) is 18.2 Å². The molecule has 1 unspecified atom stereocenters. The molecule has 1 heterocycles. The van der Waals surface area contributed by atoms with Crippen molar-refractivity contribution in [3.8, 4) is 0 Å². The molecular weight excluding hydrogens is 282 g/mol. The standard InChI is InChI=1S/C17H26ClN3/c1-13(19)11-15-3-2-4-16(18)17(15)21-9-7-20(8-10-21)12-14-5-6-14/h2-4,13-14H,5-12,19H2,1H3. The number of anilines is 1. The van der Waals surface area contributed by atoms with Gasteiger partial charge in [-0.3, -0.25) is 4.90 Å². The molecule has 1 aliphatic carbocycles. The minimum Gasteiger partial charge on any atom is -0.368 e. The van der Waals surface area contributed by atoms with Crippen LogP contribution in [0.5, 0.6) is 0 Å². The zero-order valence-electron chi connectivity index (χ0n) is 12.9. The first-order chi connectivity index (χ1) is 10.1. The first-order valence-corrected chi connectivity index (χ1v) is 8.51. The molecule has 4 heteroatoms. The van der Waals surface area contributed by atoms with Crippen LogP contribution in [0.1, 0.15) is 25.3 Å². The Labute approximate surface area is 133 Å². The van der Waals surface area contributed by atoms with Gasteiger partial charge in [0, 0.05) is 38.8 Å². The van der Waals surface area contributed by atoms with Crippen LogP contribution in [0.25, 0.3) is 0 Å². The van der Waals surface area contributed by atoms with Crippen LogP contribution in [0.4, 0.5) is 5.69 Å². The summed E-state index contributed by atoms with van der Waals surface area (Å²) in [5.41, 5.74) is 8.48. The maximum atomic E-state index is 6.48. The number of benzene rings is 1. The maximum absolute atomic E-state index is 6.48. The zero-order chi connectivity index (χ0) is 14.8. The number of piperazine rings is 1. The van der Waals surface area contributed by atoms with Crippen molar-refractivity contribution in [2.75, 3.05) is 37.6 Å². The molecule has 3 nitrogen and oxygen atoms in total. The fraction of sp³-hybridized carbons (Fsp3) is 0.647. The summed E-state index contributed by atoms with van der Waals surface area (Å²) in [5, 5.41) is 0.865. The highest BCUT2D eigenvalue weighted by molar-refractivity contribution is 6.33. The van der Waals surface area contributed by atoms with Crippen LogP contribution in [0.3, 0.4) is 0 Å². The highest BCUT2D eigenvalue weighted by atomic mass is 35.5. The van der Waals surface area contributed by atoms with E-state index in [4.69, 9.17) is 17.3 Å². The highest BCUT2D eigenvalue weighted by Gasteiger charge is 2.27. The lowest BCUT2D eigenvalue weighted by atomic mass is 10.0. The van der Waals surface area contributed by atoms with Gasteiger partial charge in [-0.05, 0) is 43.7 Å². The molecule has 0 radical (unpaired) electrons. The third-order valence-electron chi connectivity index (χ3n) is 4.51. The molecular formula is C17H26ClN3. The largest absolute Gasteiger partial charge is 0.368 e. The normalized spacial score (nSPS) is 21.6. The monoisotopic (exact) mass is 307 g/mol. The molecule has 0 aromatic heterocycles. The van der Waals surface area contributed by atoms with E-state index in [9.17, 15) is 0 Å². The number of halogens is 1. The van der Waals surface area contributed by atoms with Gasteiger partial charge in [0.05, 0.1) is 10.7 Å². The molecule has 1 saturated carbocycles. The quantitative estimate of drug-likeness (QED) is 0.908. The van der Waals surface area contributed by atoms with E-state index < -0.39 is 0 Å². The SMILES string of the molecule is CC(N)Cc1cccc(Cl)c1N1CCN(CC2CC2)CC1.